The van der Waals surface area contributed by atoms with Gasteiger partial charge in [-0.25, -0.2) is 4.79 Å². The lowest BCUT2D eigenvalue weighted by Gasteiger charge is -2.47. The number of nitrogens with one attached hydrogen (secondary N) is 1. The average Bonchev–Trinajstić information content (AvgIpc) is 2.47. The predicted octanol–water partition coefficient (Wildman–Crippen LogP) is 3.19. The summed E-state index contributed by atoms with van der Waals surface area (Å²) in [6.07, 6.45) is 7.26. The smallest absolute Gasteiger partial charge is 0.317 e. The summed E-state index contributed by atoms with van der Waals surface area (Å²) in [4.78, 5) is 16.8. The predicted molar refractivity (Wildman–Crippen MR) is 89.6 cm³/mol. The Morgan fingerprint density at radius 3 is 2.62 bits per heavy atom. The molecule has 2 amide bonds. The molecule has 124 valence electrons. The fourth-order valence-corrected chi connectivity index (χ4v) is 3.70. The molecule has 2 heterocycles. The Morgan fingerprint density at radius 2 is 1.95 bits per heavy atom. The monoisotopic (exact) mass is 297 g/mol. The molecule has 0 bridgehead atoms. The Bertz CT molecular complexity index is 341. The van der Waals surface area contributed by atoms with E-state index in [1.807, 2.05) is 0 Å². The number of likely N-dealkylation sites (tertiary alicyclic amines) is 2. The zero-order chi connectivity index (χ0) is 15.3. The van der Waals surface area contributed by atoms with Gasteiger partial charge in [-0.2, -0.15) is 0 Å². The SMILES string of the molecule is CC(C)CCCNC(=O)N1CCCC2(CCN(C)CC2)C1.[HH]. The Hall–Kier alpha value is -0.770. The fourth-order valence-electron chi connectivity index (χ4n) is 3.70. The maximum absolute atomic E-state index is 12.3. The number of hydrogen-bond donors (Lipinski definition) is 1. The molecule has 2 aliphatic heterocycles. The zero-order valence-corrected chi connectivity index (χ0v) is 14.2. The molecule has 2 saturated heterocycles. The molecule has 4 heteroatoms. The molecule has 0 atom stereocenters. The maximum atomic E-state index is 12.3. The summed E-state index contributed by atoms with van der Waals surface area (Å²) in [7, 11) is 2.20. The van der Waals surface area contributed by atoms with Crippen molar-refractivity contribution in [2.75, 3.05) is 39.8 Å². The van der Waals surface area contributed by atoms with Crippen molar-refractivity contribution in [1.82, 2.24) is 15.1 Å². The van der Waals surface area contributed by atoms with Crippen molar-refractivity contribution in [2.45, 2.75) is 52.4 Å². The van der Waals surface area contributed by atoms with Gasteiger partial charge in [0.25, 0.3) is 0 Å². The van der Waals surface area contributed by atoms with Crippen molar-refractivity contribution in [1.29, 1.82) is 0 Å². The maximum Gasteiger partial charge on any atom is 0.317 e. The molecule has 0 aromatic rings. The van der Waals surface area contributed by atoms with E-state index in [9.17, 15) is 4.79 Å². The molecule has 0 aromatic carbocycles. The summed E-state index contributed by atoms with van der Waals surface area (Å²) in [5.74, 6) is 0.722. The third kappa shape index (κ3) is 4.87. The van der Waals surface area contributed by atoms with Crippen LogP contribution in [0.3, 0.4) is 0 Å². The van der Waals surface area contributed by atoms with E-state index in [0.717, 1.165) is 32.0 Å². The van der Waals surface area contributed by atoms with Crippen molar-refractivity contribution in [3.8, 4) is 0 Å². The standard InChI is InChI=1S/C17H33N3O.H2/c1-15(2)6-4-10-18-16(21)20-11-5-7-17(14-20)8-12-19(3)13-9-17;/h15H,4-14H2,1-3H3,(H,18,21);1H. The van der Waals surface area contributed by atoms with Crippen molar-refractivity contribution >= 4 is 6.03 Å². The van der Waals surface area contributed by atoms with Crippen molar-refractivity contribution in [3.63, 3.8) is 0 Å². The van der Waals surface area contributed by atoms with Crippen LogP contribution in [-0.4, -0.2) is 55.6 Å². The second-order valence-electron chi connectivity index (χ2n) is 7.60. The normalized spacial score (nSPS) is 22.8. The van der Waals surface area contributed by atoms with E-state index in [4.69, 9.17) is 0 Å². The number of nitrogens with zero attached hydrogens (tertiary/aromatic N) is 2. The van der Waals surface area contributed by atoms with Crippen molar-refractivity contribution in [2.24, 2.45) is 11.3 Å². The third-order valence-corrected chi connectivity index (χ3v) is 5.23. The van der Waals surface area contributed by atoms with Crippen LogP contribution in [0.2, 0.25) is 0 Å². The lowest BCUT2D eigenvalue weighted by atomic mass is 9.72. The van der Waals surface area contributed by atoms with E-state index in [-0.39, 0.29) is 7.46 Å². The van der Waals surface area contributed by atoms with E-state index in [1.54, 1.807) is 0 Å². The van der Waals surface area contributed by atoms with Gasteiger partial charge in [0, 0.05) is 21.1 Å². The highest BCUT2D eigenvalue weighted by Crippen LogP contribution is 2.39. The molecule has 1 N–H and O–H groups in total. The summed E-state index contributed by atoms with van der Waals surface area (Å²) in [6.45, 7) is 9.56. The topological polar surface area (TPSA) is 35.6 Å². The summed E-state index contributed by atoms with van der Waals surface area (Å²) in [5.41, 5.74) is 0.403. The molecule has 0 radical (unpaired) electrons. The molecular weight excluding hydrogens is 262 g/mol. The van der Waals surface area contributed by atoms with Crippen LogP contribution in [-0.2, 0) is 0 Å². The first kappa shape index (κ1) is 16.6. The molecule has 0 aromatic heterocycles. The molecule has 0 unspecified atom stereocenters. The highest BCUT2D eigenvalue weighted by molar-refractivity contribution is 5.74. The molecular formula is C17H35N3O. The van der Waals surface area contributed by atoms with Crippen LogP contribution < -0.4 is 5.32 Å². The Labute approximate surface area is 131 Å². The van der Waals surface area contributed by atoms with Gasteiger partial charge >= 0.3 is 6.03 Å². The Morgan fingerprint density at radius 1 is 1.24 bits per heavy atom. The highest BCUT2D eigenvalue weighted by atomic mass is 16.2. The van der Waals surface area contributed by atoms with E-state index < -0.39 is 0 Å². The first-order valence-electron chi connectivity index (χ1n) is 8.72. The minimum atomic E-state index is 0. The van der Waals surface area contributed by atoms with E-state index in [1.165, 1.54) is 45.2 Å². The summed E-state index contributed by atoms with van der Waals surface area (Å²) in [6, 6.07) is 0.164. The molecule has 2 fully saturated rings. The van der Waals surface area contributed by atoms with Gasteiger partial charge in [0.2, 0.25) is 0 Å². The lowest BCUT2D eigenvalue weighted by Crippen LogP contribution is -2.53. The van der Waals surface area contributed by atoms with Gasteiger partial charge in [-0.15, -0.1) is 0 Å². The number of rotatable bonds is 4. The average molecular weight is 297 g/mol. The number of carbonyl (C=O) groups is 1. The van der Waals surface area contributed by atoms with Crippen LogP contribution in [0.1, 0.15) is 53.8 Å². The Kier molecular flexibility index (Phi) is 5.91. The van der Waals surface area contributed by atoms with Crippen molar-refractivity contribution < 1.29 is 6.22 Å². The van der Waals surface area contributed by atoms with Crippen LogP contribution in [0, 0.1) is 11.3 Å². The number of amides is 2. The molecule has 4 nitrogen and oxygen atoms in total. The number of carbonyl (C=O) groups excluding carboxylic acids is 1. The molecule has 1 spiro atoms. The molecule has 2 rings (SSSR count). The highest BCUT2D eigenvalue weighted by Gasteiger charge is 2.38. The number of urea groups is 1. The van der Waals surface area contributed by atoms with Crippen LogP contribution >= 0.6 is 0 Å². The largest absolute Gasteiger partial charge is 0.338 e. The first-order valence-corrected chi connectivity index (χ1v) is 8.72. The Balaban J connectivity index is 0.00000242. The van der Waals surface area contributed by atoms with Crippen LogP contribution in [0.4, 0.5) is 4.79 Å². The van der Waals surface area contributed by atoms with Gasteiger partial charge in [0.1, 0.15) is 0 Å². The molecule has 2 aliphatic rings. The number of piperidine rings is 2. The lowest BCUT2D eigenvalue weighted by molar-refractivity contribution is 0.0457. The van der Waals surface area contributed by atoms with Crippen LogP contribution in [0.25, 0.3) is 0 Å². The second-order valence-corrected chi connectivity index (χ2v) is 7.60. The second kappa shape index (κ2) is 7.48. The molecule has 0 saturated carbocycles. The first-order chi connectivity index (χ1) is 10.0. The minimum Gasteiger partial charge on any atom is -0.338 e. The van der Waals surface area contributed by atoms with Gasteiger partial charge in [0.05, 0.1) is 0 Å². The fraction of sp³-hybridized carbons (Fsp3) is 0.941. The zero-order valence-electron chi connectivity index (χ0n) is 14.2. The quantitative estimate of drug-likeness (QED) is 0.809. The summed E-state index contributed by atoms with van der Waals surface area (Å²) >= 11 is 0. The van der Waals surface area contributed by atoms with Gasteiger partial charge < -0.3 is 15.1 Å². The molecule has 0 aliphatic carbocycles. The number of hydrogen-bond acceptors (Lipinski definition) is 2. The minimum absolute atomic E-state index is 0. The summed E-state index contributed by atoms with van der Waals surface area (Å²) < 4.78 is 0. The summed E-state index contributed by atoms with van der Waals surface area (Å²) in [5, 5.41) is 3.12. The van der Waals surface area contributed by atoms with Gasteiger partial charge in [-0.1, -0.05) is 13.8 Å². The van der Waals surface area contributed by atoms with Gasteiger partial charge in [-0.3, -0.25) is 0 Å². The van der Waals surface area contributed by atoms with E-state index in [2.05, 4.69) is 36.0 Å². The molecule has 21 heavy (non-hydrogen) atoms. The van der Waals surface area contributed by atoms with Gasteiger partial charge in [-0.05, 0) is 70.0 Å². The van der Waals surface area contributed by atoms with E-state index >= 15 is 0 Å². The van der Waals surface area contributed by atoms with Crippen LogP contribution in [0.5, 0.6) is 0 Å². The third-order valence-electron chi connectivity index (χ3n) is 5.23. The van der Waals surface area contributed by atoms with Crippen molar-refractivity contribution in [3.05, 3.63) is 0 Å². The van der Waals surface area contributed by atoms with Gasteiger partial charge in [0.15, 0.2) is 0 Å². The van der Waals surface area contributed by atoms with E-state index in [0.29, 0.717) is 5.41 Å². The van der Waals surface area contributed by atoms with Crippen LogP contribution in [0.15, 0.2) is 0 Å².